The number of ether oxygens (including phenoxy) is 2. The number of carbonyl (C=O) groups is 2. The Morgan fingerprint density at radius 2 is 1.59 bits per heavy atom. The number of carbonyl (C=O) groups excluding carboxylic acids is 2. The van der Waals surface area contributed by atoms with Crippen LogP contribution in [0.1, 0.15) is 26.3 Å². The van der Waals surface area contributed by atoms with Crippen LogP contribution in [0, 0.1) is 0 Å². The van der Waals surface area contributed by atoms with Crippen molar-refractivity contribution in [3.05, 3.63) is 77.5 Å². The maximum atomic E-state index is 12.9. The van der Waals surface area contributed by atoms with E-state index in [0.717, 1.165) is 6.20 Å². The number of nitrogens with zero attached hydrogens (tertiary/aromatic N) is 1. The molecule has 1 amide bonds. The van der Waals surface area contributed by atoms with E-state index < -0.39 is 21.9 Å². The third-order valence-corrected chi connectivity index (χ3v) is 6.18. The highest BCUT2D eigenvalue weighted by atomic mass is 32.2. The lowest BCUT2D eigenvalue weighted by atomic mass is 10.1. The van der Waals surface area contributed by atoms with E-state index in [1.165, 1.54) is 56.7 Å². The number of methoxy groups -OCH3 is 2. The minimum absolute atomic E-state index is 0.00836. The largest absolute Gasteiger partial charge is 0.497 e. The molecule has 0 bridgehead atoms. The quantitative estimate of drug-likeness (QED) is 0.313. The molecule has 10 nitrogen and oxygen atoms in total. The molecular formula is C22H20N4O6S2. The zero-order valence-corrected chi connectivity index (χ0v) is 19.7. The van der Waals surface area contributed by atoms with Crippen molar-refractivity contribution in [1.82, 2.24) is 4.98 Å². The van der Waals surface area contributed by atoms with Gasteiger partial charge in [0.1, 0.15) is 10.7 Å². The predicted octanol–water partition coefficient (Wildman–Crippen LogP) is 2.56. The standard InChI is InChI=1S/C22H20N4O6S2/c1-31-16-7-9-17(10-8-16)34(29,30)26-20-18(11-15(12-24-20)22(28)32-2)25-21(27)14-5-3-13(4-6-14)19(23)33/h3-12H,1-2H3,(H2,23,33)(H,24,26)(H,25,27). The number of nitrogens with one attached hydrogen (secondary N) is 2. The summed E-state index contributed by atoms with van der Waals surface area (Å²) in [6, 6.07) is 13.1. The summed E-state index contributed by atoms with van der Waals surface area (Å²) in [6.07, 6.45) is 1.13. The van der Waals surface area contributed by atoms with Gasteiger partial charge in [0.05, 0.1) is 30.4 Å². The van der Waals surface area contributed by atoms with Crippen LogP contribution in [-0.4, -0.2) is 44.5 Å². The van der Waals surface area contributed by atoms with Gasteiger partial charge in [0, 0.05) is 17.3 Å². The highest BCUT2D eigenvalue weighted by Gasteiger charge is 2.20. The molecule has 0 aliphatic heterocycles. The second kappa shape index (κ2) is 10.3. The van der Waals surface area contributed by atoms with Crippen LogP contribution in [0.25, 0.3) is 0 Å². The topological polar surface area (TPSA) is 150 Å². The first-order valence-corrected chi connectivity index (χ1v) is 11.5. The highest BCUT2D eigenvalue weighted by Crippen LogP contribution is 2.25. The smallest absolute Gasteiger partial charge is 0.339 e. The van der Waals surface area contributed by atoms with Crippen molar-refractivity contribution < 1.29 is 27.5 Å². The van der Waals surface area contributed by atoms with Crippen LogP contribution in [0.4, 0.5) is 11.5 Å². The molecule has 2 aromatic carbocycles. The number of pyridine rings is 1. The minimum atomic E-state index is -4.08. The maximum Gasteiger partial charge on any atom is 0.339 e. The zero-order valence-electron chi connectivity index (χ0n) is 18.1. The van der Waals surface area contributed by atoms with Crippen molar-refractivity contribution in [3.63, 3.8) is 0 Å². The summed E-state index contributed by atoms with van der Waals surface area (Å²) >= 11 is 4.90. The highest BCUT2D eigenvalue weighted by molar-refractivity contribution is 7.92. The van der Waals surface area contributed by atoms with Crippen molar-refractivity contribution in [2.75, 3.05) is 24.3 Å². The molecule has 0 atom stereocenters. The van der Waals surface area contributed by atoms with Gasteiger partial charge in [-0.05, 0) is 42.5 Å². The van der Waals surface area contributed by atoms with Crippen molar-refractivity contribution in [2.45, 2.75) is 4.90 Å². The second-order valence-electron chi connectivity index (χ2n) is 6.79. The Morgan fingerprint density at radius 3 is 2.15 bits per heavy atom. The second-order valence-corrected chi connectivity index (χ2v) is 8.91. The van der Waals surface area contributed by atoms with E-state index in [2.05, 4.69) is 19.8 Å². The van der Waals surface area contributed by atoms with Crippen molar-refractivity contribution in [2.24, 2.45) is 5.73 Å². The first-order valence-electron chi connectivity index (χ1n) is 9.61. The van der Waals surface area contributed by atoms with E-state index in [1.54, 1.807) is 12.1 Å². The number of amides is 1. The van der Waals surface area contributed by atoms with Crippen LogP contribution < -0.4 is 20.5 Å². The summed E-state index contributed by atoms with van der Waals surface area (Å²) < 4.78 is 37.8. The number of thiocarbonyl (C=S) groups is 1. The molecule has 0 saturated carbocycles. The average molecular weight is 501 g/mol. The third-order valence-electron chi connectivity index (χ3n) is 4.59. The Morgan fingerprint density at radius 1 is 0.971 bits per heavy atom. The van der Waals surface area contributed by atoms with E-state index in [-0.39, 0.29) is 32.5 Å². The number of anilines is 2. The van der Waals surface area contributed by atoms with Crippen LogP contribution in [0.2, 0.25) is 0 Å². The Bertz CT molecular complexity index is 1340. The molecular weight excluding hydrogens is 480 g/mol. The molecule has 34 heavy (non-hydrogen) atoms. The van der Waals surface area contributed by atoms with Gasteiger partial charge < -0.3 is 20.5 Å². The van der Waals surface area contributed by atoms with E-state index in [4.69, 9.17) is 22.7 Å². The SMILES string of the molecule is COC(=O)c1cnc(NS(=O)(=O)c2ccc(OC)cc2)c(NC(=O)c2ccc(C(N)=S)cc2)c1. The number of esters is 1. The summed E-state index contributed by atoms with van der Waals surface area (Å²) in [5.74, 6) is -1.01. The maximum absolute atomic E-state index is 12.9. The molecule has 0 spiro atoms. The van der Waals surface area contributed by atoms with E-state index in [0.29, 0.717) is 11.3 Å². The molecule has 12 heteroatoms. The molecule has 0 unspecified atom stereocenters. The molecule has 176 valence electrons. The lowest BCUT2D eigenvalue weighted by Crippen LogP contribution is -2.19. The normalized spacial score (nSPS) is 10.8. The number of benzene rings is 2. The number of sulfonamides is 1. The fraction of sp³-hybridized carbons (Fsp3) is 0.0909. The van der Waals surface area contributed by atoms with E-state index >= 15 is 0 Å². The fourth-order valence-corrected chi connectivity index (χ4v) is 3.96. The Kier molecular flexibility index (Phi) is 7.44. The van der Waals surface area contributed by atoms with Crippen LogP contribution in [-0.2, 0) is 14.8 Å². The predicted molar refractivity (Wildman–Crippen MR) is 130 cm³/mol. The third kappa shape index (κ3) is 5.66. The van der Waals surface area contributed by atoms with Gasteiger partial charge in [-0.3, -0.25) is 9.52 Å². The Labute approximate surface area is 201 Å². The average Bonchev–Trinajstić information content (AvgIpc) is 2.84. The molecule has 0 saturated heterocycles. The van der Waals surface area contributed by atoms with Gasteiger partial charge in [-0.15, -0.1) is 0 Å². The number of hydrogen-bond acceptors (Lipinski definition) is 8. The van der Waals surface area contributed by atoms with Crippen molar-refractivity contribution in [1.29, 1.82) is 0 Å². The molecule has 0 radical (unpaired) electrons. The number of aromatic nitrogens is 1. The number of rotatable bonds is 8. The summed E-state index contributed by atoms with van der Waals surface area (Å²) in [6.45, 7) is 0. The van der Waals surface area contributed by atoms with Gasteiger partial charge >= 0.3 is 5.97 Å². The summed E-state index contributed by atoms with van der Waals surface area (Å²) in [5.41, 5.74) is 6.35. The zero-order chi connectivity index (χ0) is 24.9. The van der Waals surface area contributed by atoms with Crippen LogP contribution >= 0.6 is 12.2 Å². The van der Waals surface area contributed by atoms with Crippen molar-refractivity contribution in [3.8, 4) is 5.75 Å². The lowest BCUT2D eigenvalue weighted by molar-refractivity contribution is 0.0600. The fourth-order valence-electron chi connectivity index (χ4n) is 2.79. The van der Waals surface area contributed by atoms with Gasteiger partial charge in [0.2, 0.25) is 0 Å². The van der Waals surface area contributed by atoms with Crippen molar-refractivity contribution >= 4 is 50.6 Å². The summed E-state index contributed by atoms with van der Waals surface area (Å²) in [7, 11) is -1.43. The van der Waals surface area contributed by atoms with Gasteiger partial charge in [-0.25, -0.2) is 18.2 Å². The van der Waals surface area contributed by atoms with Crippen LogP contribution in [0.3, 0.4) is 0 Å². The molecule has 3 aromatic rings. The monoisotopic (exact) mass is 500 g/mol. The first-order chi connectivity index (χ1) is 16.1. The number of nitrogens with two attached hydrogens (primary N) is 1. The molecule has 4 N–H and O–H groups in total. The minimum Gasteiger partial charge on any atom is -0.497 e. The Hall–Kier alpha value is -4.03. The Balaban J connectivity index is 1.94. The van der Waals surface area contributed by atoms with Crippen LogP contribution in [0.5, 0.6) is 5.75 Å². The molecule has 0 aliphatic rings. The summed E-state index contributed by atoms with van der Waals surface area (Å²) in [5, 5.41) is 2.57. The molecule has 0 aliphatic carbocycles. The molecule has 1 heterocycles. The first kappa shape index (κ1) is 24.6. The number of hydrogen-bond donors (Lipinski definition) is 3. The lowest BCUT2D eigenvalue weighted by Gasteiger charge is -2.14. The van der Waals surface area contributed by atoms with E-state index in [1.807, 2.05) is 0 Å². The molecule has 0 fully saturated rings. The van der Waals surface area contributed by atoms with Gasteiger partial charge in [0.25, 0.3) is 15.9 Å². The van der Waals surface area contributed by atoms with Crippen LogP contribution in [0.15, 0.2) is 65.7 Å². The molecule has 3 rings (SSSR count). The van der Waals surface area contributed by atoms with Gasteiger partial charge in [0.15, 0.2) is 5.82 Å². The molecule has 1 aromatic heterocycles. The van der Waals surface area contributed by atoms with Gasteiger partial charge in [-0.2, -0.15) is 0 Å². The van der Waals surface area contributed by atoms with Gasteiger partial charge in [-0.1, -0.05) is 24.4 Å². The van der Waals surface area contributed by atoms with E-state index in [9.17, 15) is 18.0 Å². The summed E-state index contributed by atoms with van der Waals surface area (Å²) in [4.78, 5) is 28.9.